The van der Waals surface area contributed by atoms with Gasteiger partial charge in [0.1, 0.15) is 23.3 Å². The zero-order valence-electron chi connectivity index (χ0n) is 26.4. The van der Waals surface area contributed by atoms with Gasteiger partial charge in [0, 0.05) is 24.1 Å². The lowest BCUT2D eigenvalue weighted by Crippen LogP contribution is -2.40. The van der Waals surface area contributed by atoms with Crippen molar-refractivity contribution in [2.24, 2.45) is 0 Å². The summed E-state index contributed by atoms with van der Waals surface area (Å²) in [7, 11) is 0. The van der Waals surface area contributed by atoms with Crippen molar-refractivity contribution in [2.45, 2.75) is 114 Å². The second-order valence-electron chi connectivity index (χ2n) is 13.3. The van der Waals surface area contributed by atoms with Crippen LogP contribution in [0, 0.1) is 11.6 Å². The zero-order valence-corrected chi connectivity index (χ0v) is 27.2. The van der Waals surface area contributed by atoms with Crippen molar-refractivity contribution in [1.29, 1.82) is 0 Å². The topological polar surface area (TPSA) is 124 Å². The quantitative estimate of drug-likeness (QED) is 0.211. The van der Waals surface area contributed by atoms with E-state index in [1.165, 1.54) is 22.7 Å². The van der Waals surface area contributed by atoms with E-state index in [-0.39, 0.29) is 49.5 Å². The Morgan fingerprint density at radius 2 is 1.96 bits per heavy atom. The van der Waals surface area contributed by atoms with Crippen LogP contribution in [0.5, 0.6) is 0 Å². The van der Waals surface area contributed by atoms with E-state index in [0.29, 0.717) is 40.5 Å². The van der Waals surface area contributed by atoms with Gasteiger partial charge in [-0.15, -0.1) is 0 Å². The van der Waals surface area contributed by atoms with Gasteiger partial charge in [0.25, 0.3) is 0 Å². The number of hydrogen-bond donors (Lipinski definition) is 2. The molecule has 6 rings (SSSR count). The minimum absolute atomic E-state index is 0.102. The third-order valence-electron chi connectivity index (χ3n) is 8.16. The molecule has 2 aromatic heterocycles. The number of thioether (sulfide) groups is 1. The predicted molar refractivity (Wildman–Crippen MR) is 163 cm³/mol. The smallest absolute Gasteiger partial charge is 0.416 e. The molecule has 1 saturated heterocycles. The Morgan fingerprint density at radius 3 is 2.64 bits per heavy atom. The highest BCUT2D eigenvalue weighted by Crippen LogP contribution is 2.50. The zero-order chi connectivity index (χ0) is 32.3. The van der Waals surface area contributed by atoms with Crippen molar-refractivity contribution in [3.05, 3.63) is 35.4 Å². The SMILES string of the molecule is CCCSc1nc(N(C(=O)OC(C)(C)C)[C@@H]2C[C@H]2c2ccc(F)c(F)c2)c2[nH]n([C@@H]3C[C@H](OCCO)[C@H]4OC(C)(C)O[C@H]43)c2n1. The van der Waals surface area contributed by atoms with Gasteiger partial charge in [-0.1, -0.05) is 24.8 Å². The van der Waals surface area contributed by atoms with Crippen molar-refractivity contribution in [1.82, 2.24) is 19.7 Å². The van der Waals surface area contributed by atoms with Crippen molar-refractivity contribution < 1.29 is 37.6 Å². The summed E-state index contributed by atoms with van der Waals surface area (Å²) in [5, 5.41) is 13.3. The molecule has 1 aromatic carbocycles. The second-order valence-corrected chi connectivity index (χ2v) is 14.4. The molecule has 3 aliphatic rings. The first-order valence-corrected chi connectivity index (χ1v) is 16.4. The predicted octanol–water partition coefficient (Wildman–Crippen LogP) is 5.68. The molecule has 11 nitrogen and oxygen atoms in total. The lowest BCUT2D eigenvalue weighted by molar-refractivity contribution is -0.171. The first-order chi connectivity index (χ1) is 21.3. The fraction of sp³-hybridized carbons (Fsp3) is 0.645. The number of aromatic amines is 1. The Kier molecular flexibility index (Phi) is 8.65. The Balaban J connectivity index is 1.40. The summed E-state index contributed by atoms with van der Waals surface area (Å²) in [4.78, 5) is 25.1. The molecule has 246 valence electrons. The highest BCUT2D eigenvalue weighted by atomic mass is 32.2. The molecule has 3 aromatic rings. The van der Waals surface area contributed by atoms with E-state index in [2.05, 4.69) is 12.0 Å². The molecule has 1 aliphatic heterocycles. The van der Waals surface area contributed by atoms with E-state index >= 15 is 0 Å². The molecule has 14 heteroatoms. The highest BCUT2D eigenvalue weighted by molar-refractivity contribution is 7.99. The van der Waals surface area contributed by atoms with Crippen LogP contribution in [0.25, 0.3) is 11.2 Å². The van der Waals surface area contributed by atoms with Gasteiger partial charge >= 0.3 is 6.09 Å². The number of fused-ring (bicyclic) bond motifs is 2. The maximum absolute atomic E-state index is 14.2. The van der Waals surface area contributed by atoms with Gasteiger partial charge in [0.05, 0.1) is 25.4 Å². The Bertz CT molecular complexity index is 1560. The maximum atomic E-state index is 14.2. The van der Waals surface area contributed by atoms with Gasteiger partial charge in [-0.25, -0.2) is 23.5 Å². The number of aliphatic hydroxyl groups is 1. The number of carbonyl (C=O) groups is 1. The van der Waals surface area contributed by atoms with Crippen LogP contribution in [0.4, 0.5) is 19.4 Å². The van der Waals surface area contributed by atoms with Crippen LogP contribution < -0.4 is 4.90 Å². The standard InChI is InChI=1S/C31H41F2N5O6S/c1-7-12-45-28-34-26(37(29(40)44-30(2,3)4)20-14-17(20)16-8-9-18(32)19(33)13-16)23-27(35-28)38(36-23)21-15-22(41-11-10-39)25-24(21)42-31(5,6)43-25/h8-9,13,17,20-22,24-25,36,39H,7,10-12,14-15H2,1-6H3/t17-,20+,21+,22-,24-,25+/m0/s1. The molecule has 45 heavy (non-hydrogen) atoms. The number of carbonyl (C=O) groups excluding carboxylic acids is 1. The number of nitrogens with one attached hydrogen (secondary N) is 1. The van der Waals surface area contributed by atoms with Crippen LogP contribution in [0.1, 0.15) is 78.3 Å². The lowest BCUT2D eigenvalue weighted by Gasteiger charge is -2.31. The Labute approximate surface area is 264 Å². The molecular weight excluding hydrogens is 608 g/mol. The normalized spacial score (nSPS) is 27.2. The van der Waals surface area contributed by atoms with E-state index in [4.69, 9.17) is 28.9 Å². The molecule has 1 amide bonds. The first kappa shape index (κ1) is 32.2. The molecular formula is C31H41F2N5O6S. The number of rotatable bonds is 10. The third kappa shape index (κ3) is 6.44. The second kappa shape index (κ2) is 12.1. The summed E-state index contributed by atoms with van der Waals surface area (Å²) in [6.45, 7) is 11.2. The number of hydrogen-bond acceptors (Lipinski definition) is 9. The van der Waals surface area contributed by atoms with Crippen LogP contribution in [-0.2, 0) is 18.9 Å². The van der Waals surface area contributed by atoms with Gasteiger partial charge in [0.2, 0.25) is 0 Å². The minimum Gasteiger partial charge on any atom is -0.443 e. The molecule has 6 atom stereocenters. The van der Waals surface area contributed by atoms with Crippen molar-refractivity contribution >= 4 is 34.8 Å². The molecule has 0 radical (unpaired) electrons. The van der Waals surface area contributed by atoms with Crippen LogP contribution in [0.15, 0.2) is 23.4 Å². The fourth-order valence-corrected chi connectivity index (χ4v) is 6.96. The van der Waals surface area contributed by atoms with E-state index in [1.54, 1.807) is 26.8 Å². The molecule has 2 aliphatic carbocycles. The maximum Gasteiger partial charge on any atom is 0.416 e. The average Bonchev–Trinajstić information content (AvgIpc) is 3.56. The monoisotopic (exact) mass is 649 g/mol. The number of aliphatic hydroxyl groups excluding tert-OH is 1. The number of ether oxygens (including phenoxy) is 4. The van der Waals surface area contributed by atoms with E-state index in [1.807, 2.05) is 18.5 Å². The number of aromatic nitrogens is 4. The number of anilines is 1. The van der Waals surface area contributed by atoms with Gasteiger partial charge in [-0.3, -0.25) is 14.7 Å². The van der Waals surface area contributed by atoms with Gasteiger partial charge in [-0.2, -0.15) is 0 Å². The minimum atomic E-state index is -0.930. The Hall–Kier alpha value is -2.78. The molecule has 0 spiro atoms. The van der Waals surface area contributed by atoms with Gasteiger partial charge in [-0.05, 0) is 65.2 Å². The summed E-state index contributed by atoms with van der Waals surface area (Å²) in [6.07, 6.45) is 0.438. The van der Waals surface area contributed by atoms with E-state index < -0.39 is 29.1 Å². The van der Waals surface area contributed by atoms with Crippen molar-refractivity contribution in [2.75, 3.05) is 23.9 Å². The number of amides is 1. The summed E-state index contributed by atoms with van der Waals surface area (Å²) < 4.78 is 54.1. The van der Waals surface area contributed by atoms with Crippen LogP contribution in [0.3, 0.4) is 0 Å². The number of H-pyrrole nitrogens is 1. The average molecular weight is 650 g/mol. The fourth-order valence-electron chi connectivity index (χ4n) is 6.27. The number of halogens is 2. The summed E-state index contributed by atoms with van der Waals surface area (Å²) >= 11 is 1.49. The van der Waals surface area contributed by atoms with Crippen LogP contribution in [-0.4, -0.2) is 85.7 Å². The summed E-state index contributed by atoms with van der Waals surface area (Å²) in [5.41, 5.74) is 0.988. The van der Waals surface area contributed by atoms with Crippen molar-refractivity contribution in [3.63, 3.8) is 0 Å². The molecule has 3 fully saturated rings. The number of nitrogens with zero attached hydrogens (tertiary/aromatic N) is 4. The lowest BCUT2D eigenvalue weighted by atomic mass is 10.1. The summed E-state index contributed by atoms with van der Waals surface area (Å²) in [5.74, 6) is -1.75. The molecule has 2 N–H and O–H groups in total. The van der Waals surface area contributed by atoms with E-state index in [9.17, 15) is 18.7 Å². The molecule has 3 heterocycles. The first-order valence-electron chi connectivity index (χ1n) is 15.5. The van der Waals surface area contributed by atoms with Crippen LogP contribution >= 0.6 is 11.8 Å². The molecule has 0 unspecified atom stereocenters. The number of benzene rings is 1. The molecule has 0 bridgehead atoms. The largest absolute Gasteiger partial charge is 0.443 e. The Morgan fingerprint density at radius 1 is 1.20 bits per heavy atom. The highest BCUT2D eigenvalue weighted by Gasteiger charge is 2.56. The summed E-state index contributed by atoms with van der Waals surface area (Å²) in [6, 6.07) is 3.24. The van der Waals surface area contributed by atoms with Crippen molar-refractivity contribution in [3.8, 4) is 0 Å². The van der Waals surface area contributed by atoms with Gasteiger partial charge in [0.15, 0.2) is 34.0 Å². The third-order valence-corrected chi connectivity index (χ3v) is 9.22. The van der Waals surface area contributed by atoms with Gasteiger partial charge < -0.3 is 24.1 Å². The molecule has 2 saturated carbocycles. The van der Waals surface area contributed by atoms with E-state index in [0.717, 1.165) is 18.2 Å². The van der Waals surface area contributed by atoms with Crippen LogP contribution in [0.2, 0.25) is 0 Å².